The van der Waals surface area contributed by atoms with Gasteiger partial charge in [-0.05, 0) is 50.4 Å². The number of carbonyl (C=O) groups excluding carboxylic acids is 1. The standard InChI is InChI=1S/C17H24N4OS.2ClH/c1-13-4-5-16-20-15(10-21(16)9-13)11-23-12-17(22)19-8-14-3-2-6-18-7-14;;/h4-5,9-10,14,18H,2-3,6-8,11-12H2,1H3,(H,19,22);2*1H. The van der Waals surface area contributed by atoms with Crippen molar-refractivity contribution in [1.29, 1.82) is 0 Å². The maximum Gasteiger partial charge on any atom is 0.230 e. The predicted octanol–water partition coefficient (Wildman–Crippen LogP) is 2.84. The molecule has 140 valence electrons. The number of hydrogen-bond donors (Lipinski definition) is 2. The number of nitrogens with zero attached hydrogens (tertiary/aromatic N) is 2. The third kappa shape index (κ3) is 6.70. The quantitative estimate of drug-likeness (QED) is 0.776. The van der Waals surface area contributed by atoms with Crippen molar-refractivity contribution in [3.8, 4) is 0 Å². The van der Waals surface area contributed by atoms with Crippen LogP contribution in [0.4, 0.5) is 0 Å². The minimum absolute atomic E-state index is 0. The highest BCUT2D eigenvalue weighted by molar-refractivity contribution is 7.99. The molecule has 3 rings (SSSR count). The van der Waals surface area contributed by atoms with Crippen LogP contribution in [0.3, 0.4) is 0 Å². The van der Waals surface area contributed by atoms with E-state index in [0.29, 0.717) is 11.7 Å². The van der Waals surface area contributed by atoms with Crippen LogP contribution in [0.25, 0.3) is 5.65 Å². The van der Waals surface area contributed by atoms with Crippen LogP contribution < -0.4 is 10.6 Å². The van der Waals surface area contributed by atoms with Crippen molar-refractivity contribution in [2.75, 3.05) is 25.4 Å². The van der Waals surface area contributed by atoms with Crippen LogP contribution in [-0.4, -0.2) is 40.7 Å². The van der Waals surface area contributed by atoms with E-state index >= 15 is 0 Å². The summed E-state index contributed by atoms with van der Waals surface area (Å²) in [7, 11) is 0. The van der Waals surface area contributed by atoms with Gasteiger partial charge in [0.1, 0.15) is 5.65 Å². The smallest absolute Gasteiger partial charge is 0.230 e. The number of aryl methyl sites for hydroxylation is 1. The molecule has 5 nitrogen and oxygen atoms in total. The van der Waals surface area contributed by atoms with Crippen LogP contribution in [-0.2, 0) is 10.5 Å². The topological polar surface area (TPSA) is 58.4 Å². The molecular formula is C17H26Cl2N4OS. The Kier molecular flexibility index (Phi) is 9.64. The Hall–Kier alpha value is -0.950. The number of fused-ring (bicyclic) bond motifs is 1. The molecule has 0 saturated carbocycles. The van der Waals surface area contributed by atoms with Gasteiger partial charge < -0.3 is 15.0 Å². The fourth-order valence-corrected chi connectivity index (χ4v) is 3.62. The van der Waals surface area contributed by atoms with Crippen molar-refractivity contribution in [3.63, 3.8) is 0 Å². The minimum Gasteiger partial charge on any atom is -0.355 e. The largest absolute Gasteiger partial charge is 0.355 e. The molecule has 2 aromatic rings. The van der Waals surface area contributed by atoms with E-state index in [4.69, 9.17) is 0 Å². The number of pyridine rings is 1. The molecule has 0 bridgehead atoms. The van der Waals surface area contributed by atoms with Crippen LogP contribution in [0.2, 0.25) is 0 Å². The minimum atomic E-state index is 0. The van der Waals surface area contributed by atoms with Gasteiger partial charge in [-0.2, -0.15) is 0 Å². The lowest BCUT2D eigenvalue weighted by Gasteiger charge is -2.22. The molecule has 0 radical (unpaired) electrons. The van der Waals surface area contributed by atoms with Gasteiger partial charge in [-0.1, -0.05) is 6.07 Å². The summed E-state index contributed by atoms with van der Waals surface area (Å²) in [6, 6.07) is 4.08. The van der Waals surface area contributed by atoms with Gasteiger partial charge in [0.05, 0.1) is 11.4 Å². The predicted molar refractivity (Wildman–Crippen MR) is 109 cm³/mol. The lowest BCUT2D eigenvalue weighted by atomic mass is 10.00. The van der Waals surface area contributed by atoms with Crippen molar-refractivity contribution in [2.24, 2.45) is 5.92 Å². The highest BCUT2D eigenvalue weighted by Crippen LogP contribution is 2.14. The Bertz CT molecular complexity index is 674. The molecule has 8 heteroatoms. The summed E-state index contributed by atoms with van der Waals surface area (Å²) in [6.07, 6.45) is 6.53. The number of carbonyl (C=O) groups is 1. The van der Waals surface area contributed by atoms with E-state index in [-0.39, 0.29) is 30.7 Å². The van der Waals surface area contributed by atoms with E-state index < -0.39 is 0 Å². The number of piperidine rings is 1. The van der Waals surface area contributed by atoms with Gasteiger partial charge in [0.25, 0.3) is 0 Å². The third-order valence-corrected chi connectivity index (χ3v) is 5.08. The van der Waals surface area contributed by atoms with Gasteiger partial charge in [-0.15, -0.1) is 36.6 Å². The zero-order valence-corrected chi connectivity index (χ0v) is 16.8. The van der Waals surface area contributed by atoms with Crippen LogP contribution in [0.15, 0.2) is 24.5 Å². The highest BCUT2D eigenvalue weighted by atomic mass is 35.5. The Morgan fingerprint density at radius 2 is 2.24 bits per heavy atom. The Labute approximate surface area is 165 Å². The first-order chi connectivity index (χ1) is 11.2. The van der Waals surface area contributed by atoms with E-state index in [1.165, 1.54) is 18.4 Å². The van der Waals surface area contributed by atoms with Crippen LogP contribution in [0, 0.1) is 12.8 Å². The first-order valence-corrected chi connectivity index (χ1v) is 9.35. The molecule has 2 N–H and O–H groups in total. The second-order valence-corrected chi connectivity index (χ2v) is 7.20. The van der Waals surface area contributed by atoms with Crippen molar-refractivity contribution in [2.45, 2.75) is 25.5 Å². The lowest BCUT2D eigenvalue weighted by Crippen LogP contribution is -2.38. The van der Waals surface area contributed by atoms with Gasteiger partial charge in [0.15, 0.2) is 0 Å². The Morgan fingerprint density at radius 1 is 1.40 bits per heavy atom. The normalized spacial score (nSPS) is 16.8. The summed E-state index contributed by atoms with van der Waals surface area (Å²) in [5.41, 5.74) is 3.19. The molecule has 1 unspecified atom stereocenters. The molecule has 1 amide bonds. The first kappa shape index (κ1) is 22.1. The SMILES string of the molecule is Cc1ccc2nc(CSCC(=O)NCC3CCCNC3)cn2c1.Cl.Cl. The van der Waals surface area contributed by atoms with E-state index in [1.807, 2.05) is 16.7 Å². The molecule has 25 heavy (non-hydrogen) atoms. The van der Waals surface area contributed by atoms with Crippen LogP contribution in [0.1, 0.15) is 24.1 Å². The van der Waals surface area contributed by atoms with E-state index in [2.05, 4.69) is 34.8 Å². The number of rotatable bonds is 6. The number of imidazole rings is 1. The molecular weight excluding hydrogens is 379 g/mol. The number of thioether (sulfide) groups is 1. The van der Waals surface area contributed by atoms with E-state index in [1.54, 1.807) is 11.8 Å². The number of amides is 1. The van der Waals surface area contributed by atoms with Crippen molar-refractivity contribution >= 4 is 48.1 Å². The molecule has 0 aromatic carbocycles. The van der Waals surface area contributed by atoms with Crippen LogP contribution in [0.5, 0.6) is 0 Å². The highest BCUT2D eigenvalue weighted by Gasteiger charge is 2.13. The Balaban J connectivity index is 0.00000156. The molecule has 1 aliphatic rings. The van der Waals surface area contributed by atoms with Crippen molar-refractivity contribution < 1.29 is 4.79 Å². The van der Waals surface area contributed by atoms with E-state index in [0.717, 1.165) is 36.7 Å². The summed E-state index contributed by atoms with van der Waals surface area (Å²) >= 11 is 1.62. The zero-order chi connectivity index (χ0) is 16.1. The summed E-state index contributed by atoms with van der Waals surface area (Å²) in [6.45, 7) is 4.99. The van der Waals surface area contributed by atoms with Crippen molar-refractivity contribution in [3.05, 3.63) is 35.8 Å². The molecule has 3 heterocycles. The number of nitrogens with one attached hydrogen (secondary N) is 2. The van der Waals surface area contributed by atoms with Gasteiger partial charge in [0.2, 0.25) is 5.91 Å². The zero-order valence-electron chi connectivity index (χ0n) is 14.4. The second kappa shape index (κ2) is 10.9. The third-order valence-electron chi connectivity index (χ3n) is 4.12. The molecule has 1 aliphatic heterocycles. The fourth-order valence-electron chi connectivity index (χ4n) is 2.88. The summed E-state index contributed by atoms with van der Waals surface area (Å²) < 4.78 is 2.04. The fraction of sp³-hybridized carbons (Fsp3) is 0.529. The summed E-state index contributed by atoms with van der Waals surface area (Å²) in [4.78, 5) is 16.5. The average molecular weight is 405 g/mol. The number of aromatic nitrogens is 2. The maximum absolute atomic E-state index is 11.9. The monoisotopic (exact) mass is 404 g/mol. The number of hydrogen-bond acceptors (Lipinski definition) is 4. The van der Waals surface area contributed by atoms with Gasteiger partial charge >= 0.3 is 0 Å². The van der Waals surface area contributed by atoms with Crippen LogP contribution >= 0.6 is 36.6 Å². The van der Waals surface area contributed by atoms with Gasteiger partial charge in [-0.25, -0.2) is 4.98 Å². The summed E-state index contributed by atoms with van der Waals surface area (Å²) in [5, 5.41) is 6.42. The molecule has 0 spiro atoms. The lowest BCUT2D eigenvalue weighted by molar-refractivity contribution is -0.118. The molecule has 2 aromatic heterocycles. The molecule has 1 saturated heterocycles. The first-order valence-electron chi connectivity index (χ1n) is 8.20. The van der Waals surface area contributed by atoms with Crippen molar-refractivity contribution in [1.82, 2.24) is 20.0 Å². The van der Waals surface area contributed by atoms with Gasteiger partial charge in [-0.3, -0.25) is 4.79 Å². The molecule has 1 fully saturated rings. The Morgan fingerprint density at radius 3 is 3.00 bits per heavy atom. The maximum atomic E-state index is 11.9. The number of halogens is 2. The summed E-state index contributed by atoms with van der Waals surface area (Å²) in [5.74, 6) is 1.96. The van der Waals surface area contributed by atoms with Gasteiger partial charge in [0, 0.05) is 24.7 Å². The molecule has 1 atom stereocenters. The average Bonchev–Trinajstić information content (AvgIpc) is 2.95. The molecule has 0 aliphatic carbocycles. The second-order valence-electron chi connectivity index (χ2n) is 6.21. The van der Waals surface area contributed by atoms with E-state index in [9.17, 15) is 4.79 Å².